The maximum absolute atomic E-state index is 14.3. The van der Waals surface area contributed by atoms with E-state index < -0.39 is 0 Å². The van der Waals surface area contributed by atoms with Crippen LogP contribution in [0.5, 0.6) is 0 Å². The van der Waals surface area contributed by atoms with Crippen LogP contribution in [0, 0.1) is 5.82 Å². The van der Waals surface area contributed by atoms with Crippen molar-refractivity contribution in [3.05, 3.63) is 41.3 Å². The molecule has 4 aromatic rings. The van der Waals surface area contributed by atoms with Crippen molar-refractivity contribution in [2.45, 2.75) is 13.3 Å². The molecule has 0 spiro atoms. The summed E-state index contributed by atoms with van der Waals surface area (Å²) in [5.41, 5.74) is 5.56. The summed E-state index contributed by atoms with van der Waals surface area (Å²) in [6.45, 7) is 1.94. The lowest BCUT2D eigenvalue weighted by molar-refractivity contribution is 0.614. The highest BCUT2D eigenvalue weighted by atomic mass is 32.1. The summed E-state index contributed by atoms with van der Waals surface area (Å²) in [6.07, 6.45) is 2.33. The molecule has 0 aliphatic carbocycles. The standard InChI is InChI=1S/C15H11FN4S/c1-2-8-10(16)5-13-9(6-18-20-13)14(8)11-3-4-12-15(19-11)21-7-17-12/h3-7H,2H2,1H3,(H,18,20). The lowest BCUT2D eigenvalue weighted by Crippen LogP contribution is -1.96. The van der Waals surface area contributed by atoms with Crippen molar-refractivity contribution in [2.75, 3.05) is 0 Å². The van der Waals surface area contributed by atoms with Crippen LogP contribution in [0.2, 0.25) is 0 Å². The molecule has 0 aliphatic rings. The molecular weight excluding hydrogens is 287 g/mol. The molecule has 3 aromatic heterocycles. The number of nitrogens with zero attached hydrogens (tertiary/aromatic N) is 3. The molecule has 6 heteroatoms. The Hall–Kier alpha value is -2.34. The molecule has 1 N–H and O–H groups in total. The number of H-pyrrole nitrogens is 1. The molecule has 0 aliphatic heterocycles. The SMILES string of the molecule is CCc1c(F)cc2[nH]ncc2c1-c1ccc2ncsc2n1. The number of nitrogens with one attached hydrogen (secondary N) is 1. The number of hydrogen-bond acceptors (Lipinski definition) is 4. The fourth-order valence-electron chi connectivity index (χ4n) is 2.63. The van der Waals surface area contributed by atoms with Gasteiger partial charge in [0.1, 0.15) is 10.6 Å². The Morgan fingerprint density at radius 1 is 1.33 bits per heavy atom. The maximum atomic E-state index is 14.3. The molecular formula is C15H11FN4S. The van der Waals surface area contributed by atoms with Gasteiger partial charge >= 0.3 is 0 Å². The zero-order valence-corrected chi connectivity index (χ0v) is 12.0. The van der Waals surface area contributed by atoms with E-state index in [1.807, 2.05) is 19.1 Å². The first-order chi connectivity index (χ1) is 10.3. The minimum absolute atomic E-state index is 0.226. The second-order valence-corrected chi connectivity index (χ2v) is 5.60. The van der Waals surface area contributed by atoms with Crippen molar-refractivity contribution in [1.82, 2.24) is 20.2 Å². The van der Waals surface area contributed by atoms with Gasteiger partial charge in [-0.2, -0.15) is 5.10 Å². The van der Waals surface area contributed by atoms with Crippen LogP contribution >= 0.6 is 11.3 Å². The summed E-state index contributed by atoms with van der Waals surface area (Å²) in [6, 6.07) is 5.31. The first-order valence-corrected chi connectivity index (χ1v) is 7.51. The van der Waals surface area contributed by atoms with E-state index in [4.69, 9.17) is 0 Å². The van der Waals surface area contributed by atoms with E-state index in [1.165, 1.54) is 17.4 Å². The molecule has 0 saturated heterocycles. The topological polar surface area (TPSA) is 54.5 Å². The van der Waals surface area contributed by atoms with Crippen LogP contribution in [-0.2, 0) is 6.42 Å². The molecule has 0 radical (unpaired) electrons. The Morgan fingerprint density at radius 2 is 2.24 bits per heavy atom. The van der Waals surface area contributed by atoms with Crippen molar-refractivity contribution in [2.24, 2.45) is 0 Å². The largest absolute Gasteiger partial charge is 0.278 e. The van der Waals surface area contributed by atoms with Gasteiger partial charge in [-0.25, -0.2) is 14.4 Å². The van der Waals surface area contributed by atoms with Crippen LogP contribution < -0.4 is 0 Å². The Morgan fingerprint density at radius 3 is 3.10 bits per heavy atom. The second kappa shape index (κ2) is 4.60. The summed E-state index contributed by atoms with van der Waals surface area (Å²) < 4.78 is 14.3. The molecule has 0 amide bonds. The predicted molar refractivity (Wildman–Crippen MR) is 81.8 cm³/mol. The number of aromatic amines is 1. The second-order valence-electron chi connectivity index (χ2n) is 4.77. The van der Waals surface area contributed by atoms with Gasteiger partial charge in [-0.1, -0.05) is 6.92 Å². The van der Waals surface area contributed by atoms with Crippen LogP contribution in [-0.4, -0.2) is 20.2 Å². The third-order valence-electron chi connectivity index (χ3n) is 3.61. The lowest BCUT2D eigenvalue weighted by atomic mass is 9.97. The van der Waals surface area contributed by atoms with Crippen molar-refractivity contribution in [1.29, 1.82) is 0 Å². The molecule has 0 bridgehead atoms. The zero-order valence-electron chi connectivity index (χ0n) is 11.2. The number of benzene rings is 1. The lowest BCUT2D eigenvalue weighted by Gasteiger charge is -2.10. The summed E-state index contributed by atoms with van der Waals surface area (Å²) in [5, 5.41) is 7.75. The monoisotopic (exact) mass is 298 g/mol. The van der Waals surface area contributed by atoms with Crippen LogP contribution in [0.25, 0.3) is 32.5 Å². The van der Waals surface area contributed by atoms with E-state index in [-0.39, 0.29) is 5.82 Å². The fraction of sp³-hybridized carbons (Fsp3) is 0.133. The van der Waals surface area contributed by atoms with E-state index in [9.17, 15) is 4.39 Å². The smallest absolute Gasteiger partial charge is 0.143 e. The molecule has 0 fully saturated rings. The summed E-state index contributed by atoms with van der Waals surface area (Å²) in [7, 11) is 0. The van der Waals surface area contributed by atoms with E-state index in [2.05, 4.69) is 20.2 Å². The average Bonchev–Trinajstić information content (AvgIpc) is 3.13. The third kappa shape index (κ3) is 1.83. The minimum atomic E-state index is -0.226. The normalized spacial score (nSPS) is 11.5. The number of fused-ring (bicyclic) bond motifs is 2. The Labute approximate surface area is 123 Å². The fourth-order valence-corrected chi connectivity index (χ4v) is 3.29. The molecule has 4 rings (SSSR count). The van der Waals surface area contributed by atoms with Crippen molar-refractivity contribution in [3.63, 3.8) is 0 Å². The van der Waals surface area contributed by atoms with Crippen molar-refractivity contribution in [3.8, 4) is 11.3 Å². The summed E-state index contributed by atoms with van der Waals surface area (Å²) >= 11 is 1.48. The van der Waals surface area contributed by atoms with Crippen molar-refractivity contribution < 1.29 is 4.39 Å². The number of pyridine rings is 1. The third-order valence-corrected chi connectivity index (χ3v) is 4.34. The highest BCUT2D eigenvalue weighted by molar-refractivity contribution is 7.16. The van der Waals surface area contributed by atoms with Gasteiger partial charge in [0.25, 0.3) is 0 Å². The first-order valence-electron chi connectivity index (χ1n) is 6.63. The molecule has 3 heterocycles. The molecule has 0 atom stereocenters. The Bertz CT molecular complexity index is 957. The van der Waals surface area contributed by atoms with Gasteiger partial charge in [0, 0.05) is 10.9 Å². The molecule has 1 aromatic carbocycles. The maximum Gasteiger partial charge on any atom is 0.143 e. The Balaban J connectivity index is 2.09. The molecule has 0 saturated carbocycles. The van der Waals surface area contributed by atoms with E-state index in [0.717, 1.165) is 27.0 Å². The van der Waals surface area contributed by atoms with E-state index >= 15 is 0 Å². The van der Waals surface area contributed by atoms with Gasteiger partial charge in [0.2, 0.25) is 0 Å². The zero-order chi connectivity index (χ0) is 14.4. The molecule has 4 nitrogen and oxygen atoms in total. The quantitative estimate of drug-likeness (QED) is 0.610. The number of thiazole rings is 1. The van der Waals surface area contributed by atoms with Gasteiger partial charge in [-0.3, -0.25) is 5.10 Å². The number of halogens is 1. The Kier molecular flexibility index (Phi) is 2.71. The number of aromatic nitrogens is 4. The van der Waals surface area contributed by atoms with Gasteiger partial charge in [-0.05, 0) is 30.2 Å². The summed E-state index contributed by atoms with van der Waals surface area (Å²) in [4.78, 5) is 9.72. The van der Waals surface area contributed by atoms with Gasteiger partial charge in [-0.15, -0.1) is 11.3 Å². The molecule has 21 heavy (non-hydrogen) atoms. The average molecular weight is 298 g/mol. The van der Waals surface area contributed by atoms with Crippen LogP contribution in [0.3, 0.4) is 0 Å². The predicted octanol–water partition coefficient (Wildman–Crippen LogP) is 3.94. The van der Waals surface area contributed by atoms with Crippen molar-refractivity contribution >= 4 is 32.6 Å². The summed E-state index contributed by atoms with van der Waals surface area (Å²) in [5.74, 6) is -0.226. The van der Waals surface area contributed by atoms with Gasteiger partial charge in [0.15, 0.2) is 0 Å². The van der Waals surface area contributed by atoms with E-state index in [0.29, 0.717) is 17.5 Å². The molecule has 104 valence electrons. The van der Waals surface area contributed by atoms with Crippen LogP contribution in [0.1, 0.15) is 12.5 Å². The highest BCUT2D eigenvalue weighted by Crippen LogP contribution is 2.33. The first kappa shape index (κ1) is 12.4. The highest BCUT2D eigenvalue weighted by Gasteiger charge is 2.17. The van der Waals surface area contributed by atoms with Gasteiger partial charge in [0.05, 0.1) is 28.4 Å². The van der Waals surface area contributed by atoms with Crippen LogP contribution in [0.4, 0.5) is 4.39 Å². The van der Waals surface area contributed by atoms with E-state index in [1.54, 1.807) is 11.7 Å². The number of hydrogen-bond donors (Lipinski definition) is 1. The molecule has 0 unspecified atom stereocenters. The van der Waals surface area contributed by atoms with Crippen LogP contribution in [0.15, 0.2) is 29.9 Å². The minimum Gasteiger partial charge on any atom is -0.278 e. The number of rotatable bonds is 2. The van der Waals surface area contributed by atoms with Gasteiger partial charge < -0.3 is 0 Å².